The number of rotatable bonds is 6. The molecule has 5 heteroatoms. The van der Waals surface area contributed by atoms with Crippen LogP contribution in [0.1, 0.15) is 32.3 Å². The number of carbonyl (C=O) groups is 1. The van der Waals surface area contributed by atoms with Crippen molar-refractivity contribution in [1.82, 2.24) is 0 Å². The Morgan fingerprint density at radius 1 is 1.37 bits per heavy atom. The molecule has 19 heavy (non-hydrogen) atoms. The van der Waals surface area contributed by atoms with Gasteiger partial charge in [-0.3, -0.25) is 4.79 Å². The summed E-state index contributed by atoms with van der Waals surface area (Å²) in [5.41, 5.74) is 1.49. The first-order valence-corrected chi connectivity index (χ1v) is 7.74. The predicted octanol–water partition coefficient (Wildman–Crippen LogP) is 2.75. The first kappa shape index (κ1) is 15.4. The molecule has 0 unspecified atom stereocenters. The fourth-order valence-electron chi connectivity index (χ4n) is 1.68. The highest BCUT2D eigenvalue weighted by Gasteiger charge is 2.13. The monoisotopic (exact) mass is 282 g/mol. The number of sulfone groups is 1. The summed E-state index contributed by atoms with van der Waals surface area (Å²) in [5.74, 6) is -0.789. The van der Waals surface area contributed by atoms with Gasteiger partial charge in [0.1, 0.15) is 0 Å². The van der Waals surface area contributed by atoms with Crippen molar-refractivity contribution in [2.75, 3.05) is 5.75 Å². The van der Waals surface area contributed by atoms with E-state index in [4.69, 9.17) is 5.11 Å². The minimum Gasteiger partial charge on any atom is -0.481 e. The quantitative estimate of drug-likeness (QED) is 0.870. The summed E-state index contributed by atoms with van der Waals surface area (Å²) in [5, 5.41) is 8.62. The highest BCUT2D eigenvalue weighted by molar-refractivity contribution is 7.91. The van der Waals surface area contributed by atoms with Crippen LogP contribution in [0.3, 0.4) is 0 Å². The summed E-state index contributed by atoms with van der Waals surface area (Å²) in [6.07, 6.45) is 2.08. The van der Waals surface area contributed by atoms with Gasteiger partial charge in [-0.1, -0.05) is 25.1 Å². The lowest BCUT2D eigenvalue weighted by Gasteiger charge is -2.06. The molecule has 1 aromatic rings. The van der Waals surface area contributed by atoms with Crippen molar-refractivity contribution in [3.63, 3.8) is 0 Å². The number of benzene rings is 1. The zero-order valence-corrected chi connectivity index (χ0v) is 11.9. The first-order chi connectivity index (χ1) is 8.86. The van der Waals surface area contributed by atoms with Crippen molar-refractivity contribution in [2.24, 2.45) is 0 Å². The Morgan fingerprint density at radius 3 is 2.63 bits per heavy atom. The van der Waals surface area contributed by atoms with Crippen LogP contribution in [0.15, 0.2) is 35.2 Å². The summed E-state index contributed by atoms with van der Waals surface area (Å²) in [6.45, 7) is 3.59. The Morgan fingerprint density at radius 2 is 2.05 bits per heavy atom. The van der Waals surface area contributed by atoms with E-state index >= 15 is 0 Å². The number of allylic oxidation sites excluding steroid dienone is 1. The molecular weight excluding hydrogens is 264 g/mol. The topological polar surface area (TPSA) is 71.4 Å². The number of aliphatic carboxylic acids is 1. The Bertz CT molecular complexity index is 585. The van der Waals surface area contributed by atoms with Gasteiger partial charge in [-0.15, -0.1) is 0 Å². The van der Waals surface area contributed by atoms with Crippen LogP contribution in [0.2, 0.25) is 0 Å². The van der Waals surface area contributed by atoms with E-state index in [9.17, 15) is 13.2 Å². The predicted molar refractivity (Wildman–Crippen MR) is 74.7 cm³/mol. The highest BCUT2D eigenvalue weighted by Crippen LogP contribution is 2.20. The minimum absolute atomic E-state index is 0.0717. The molecule has 0 aliphatic carbocycles. The van der Waals surface area contributed by atoms with Crippen molar-refractivity contribution in [2.45, 2.75) is 31.6 Å². The molecule has 0 saturated carbocycles. The summed E-state index contributed by atoms with van der Waals surface area (Å²) in [4.78, 5) is 10.8. The lowest BCUT2D eigenvalue weighted by atomic mass is 10.1. The molecule has 0 aromatic heterocycles. The third-order valence-electron chi connectivity index (χ3n) is 2.70. The summed E-state index contributed by atoms with van der Waals surface area (Å²) < 4.78 is 23.9. The van der Waals surface area contributed by atoms with E-state index in [1.807, 2.05) is 6.92 Å². The van der Waals surface area contributed by atoms with E-state index < -0.39 is 15.8 Å². The van der Waals surface area contributed by atoms with Gasteiger partial charge >= 0.3 is 5.97 Å². The van der Waals surface area contributed by atoms with Crippen molar-refractivity contribution >= 4 is 21.4 Å². The van der Waals surface area contributed by atoms with Crippen molar-refractivity contribution < 1.29 is 18.3 Å². The lowest BCUT2D eigenvalue weighted by molar-refractivity contribution is -0.135. The van der Waals surface area contributed by atoms with Gasteiger partial charge in [0, 0.05) is 0 Å². The van der Waals surface area contributed by atoms with E-state index in [1.54, 1.807) is 37.3 Å². The van der Waals surface area contributed by atoms with Crippen LogP contribution in [-0.2, 0) is 14.6 Å². The molecule has 104 valence electrons. The smallest absolute Gasteiger partial charge is 0.307 e. The molecule has 0 amide bonds. The molecule has 1 rings (SSSR count). The fourth-order valence-corrected chi connectivity index (χ4v) is 3.05. The van der Waals surface area contributed by atoms with Crippen LogP contribution in [0.4, 0.5) is 0 Å². The number of hydrogen-bond acceptors (Lipinski definition) is 3. The van der Waals surface area contributed by atoms with Crippen LogP contribution >= 0.6 is 0 Å². The van der Waals surface area contributed by atoms with Gasteiger partial charge in [0.15, 0.2) is 9.84 Å². The van der Waals surface area contributed by atoms with E-state index in [0.717, 1.165) is 11.1 Å². The molecule has 0 aliphatic rings. The summed E-state index contributed by atoms with van der Waals surface area (Å²) >= 11 is 0. The van der Waals surface area contributed by atoms with Gasteiger partial charge in [-0.2, -0.15) is 0 Å². The second-order valence-corrected chi connectivity index (χ2v) is 6.44. The lowest BCUT2D eigenvalue weighted by Crippen LogP contribution is -2.06. The Kier molecular flexibility index (Phi) is 5.30. The fraction of sp³-hybridized carbons (Fsp3) is 0.357. The molecule has 0 fully saturated rings. The Hall–Kier alpha value is -1.62. The molecular formula is C14H18O4S. The molecule has 0 saturated heterocycles. The van der Waals surface area contributed by atoms with Crippen LogP contribution < -0.4 is 0 Å². The molecule has 4 nitrogen and oxygen atoms in total. The maximum Gasteiger partial charge on any atom is 0.307 e. The standard InChI is InChI=1S/C14H18O4S/c1-3-9-19(17,18)13-6-4-5-12(10-13)11(2)7-8-14(15)16/h4-7,10H,3,8-9H2,1-2H3,(H,15,16)/b11-7+. The second-order valence-electron chi connectivity index (χ2n) is 4.33. The normalized spacial score (nSPS) is 12.4. The second kappa shape index (κ2) is 6.52. The molecule has 1 aromatic carbocycles. The maximum atomic E-state index is 12.0. The number of carboxylic acids is 1. The highest BCUT2D eigenvalue weighted by atomic mass is 32.2. The maximum absolute atomic E-state index is 12.0. The summed E-state index contributed by atoms with van der Waals surface area (Å²) in [6, 6.07) is 6.62. The van der Waals surface area contributed by atoms with Crippen molar-refractivity contribution in [3.8, 4) is 0 Å². The molecule has 0 radical (unpaired) electrons. The van der Waals surface area contributed by atoms with Gasteiger partial charge in [0.2, 0.25) is 0 Å². The van der Waals surface area contributed by atoms with Gasteiger partial charge in [-0.05, 0) is 36.6 Å². The summed E-state index contributed by atoms with van der Waals surface area (Å²) in [7, 11) is -3.24. The van der Waals surface area contributed by atoms with E-state index in [-0.39, 0.29) is 17.1 Å². The largest absolute Gasteiger partial charge is 0.481 e. The molecule has 0 heterocycles. The van der Waals surface area contributed by atoms with Gasteiger partial charge < -0.3 is 5.11 Å². The zero-order valence-electron chi connectivity index (χ0n) is 11.1. The van der Waals surface area contributed by atoms with Gasteiger partial charge in [0.25, 0.3) is 0 Å². The Balaban J connectivity index is 3.07. The Labute approximate surface area is 113 Å². The molecule has 1 N–H and O–H groups in total. The van der Waals surface area contributed by atoms with E-state index in [0.29, 0.717) is 6.42 Å². The number of hydrogen-bond donors (Lipinski definition) is 1. The molecule has 0 spiro atoms. The third-order valence-corrected chi connectivity index (χ3v) is 4.62. The van der Waals surface area contributed by atoms with Crippen molar-refractivity contribution in [3.05, 3.63) is 35.9 Å². The van der Waals surface area contributed by atoms with Crippen molar-refractivity contribution in [1.29, 1.82) is 0 Å². The SMILES string of the molecule is CCCS(=O)(=O)c1cccc(/C(C)=C/CC(=O)O)c1. The average molecular weight is 282 g/mol. The van der Waals surface area contributed by atoms with Gasteiger partial charge in [0.05, 0.1) is 17.1 Å². The zero-order chi connectivity index (χ0) is 14.5. The van der Waals surface area contributed by atoms with Gasteiger partial charge in [-0.25, -0.2) is 8.42 Å². The third kappa shape index (κ3) is 4.52. The van der Waals surface area contributed by atoms with Crippen LogP contribution in [0, 0.1) is 0 Å². The van der Waals surface area contributed by atoms with E-state index in [2.05, 4.69) is 0 Å². The first-order valence-electron chi connectivity index (χ1n) is 6.08. The molecule has 0 atom stereocenters. The van der Waals surface area contributed by atoms with E-state index in [1.165, 1.54) is 0 Å². The molecule has 0 bridgehead atoms. The average Bonchev–Trinajstić information content (AvgIpc) is 2.36. The van der Waals surface area contributed by atoms with Crippen LogP contribution in [0.5, 0.6) is 0 Å². The molecule has 0 aliphatic heterocycles. The van der Waals surface area contributed by atoms with Crippen LogP contribution in [0.25, 0.3) is 5.57 Å². The number of carboxylic acid groups (broad SMARTS) is 1. The minimum atomic E-state index is -3.24. The van der Waals surface area contributed by atoms with Crippen LogP contribution in [-0.4, -0.2) is 25.2 Å².